The third kappa shape index (κ3) is 24.5. The summed E-state index contributed by atoms with van der Waals surface area (Å²) < 4.78 is 20.9. The average Bonchev–Trinajstić information content (AvgIpc) is 2.98. The summed E-state index contributed by atoms with van der Waals surface area (Å²) in [4.78, 5) is 71.9. The zero-order chi connectivity index (χ0) is 35.0. The van der Waals surface area contributed by atoms with E-state index in [9.17, 15) is 33.9 Å². The first-order chi connectivity index (χ1) is 21.6. The molecule has 0 rings (SSSR count). The van der Waals surface area contributed by atoms with E-state index in [1.54, 1.807) is 21.5 Å². The predicted molar refractivity (Wildman–Crippen MR) is 174 cm³/mol. The number of ether oxygens (including phenoxy) is 4. The van der Waals surface area contributed by atoms with E-state index in [1.807, 2.05) is 6.92 Å². The highest BCUT2D eigenvalue weighted by Crippen LogP contribution is 2.28. The van der Waals surface area contributed by atoms with Crippen LogP contribution in [0.25, 0.3) is 0 Å². The van der Waals surface area contributed by atoms with E-state index in [0.29, 0.717) is 32.0 Å². The number of hydrogen-bond acceptors (Lipinski definition) is 12. The molecule has 12 nitrogen and oxygen atoms in total. The average molecular weight is 651 g/mol. The van der Waals surface area contributed by atoms with Crippen molar-refractivity contribution in [1.82, 2.24) is 4.90 Å². The van der Waals surface area contributed by atoms with Gasteiger partial charge in [-0.15, -0.1) is 0 Å². The van der Waals surface area contributed by atoms with E-state index in [-0.39, 0.29) is 69.2 Å². The Kier molecular flexibility index (Phi) is 23.0. The molecule has 1 N–H and O–H groups in total. The molecule has 0 fully saturated rings. The Balaban J connectivity index is 4.34. The Morgan fingerprint density at radius 1 is 0.565 bits per heavy atom. The first kappa shape index (κ1) is 43.3. The molecule has 0 aromatic carbocycles. The molecular weight excluding hydrogens is 596 g/mol. The first-order valence-corrected chi connectivity index (χ1v) is 16.2. The SMILES string of the molecule is CC(=O)[B]CC(C)(C[B]C(C)=O)COC(=O)CCCCCN(CCO)CCCCCC(=O)OCC(C)(COC(C)=O)COC(C)=O. The molecule has 0 aromatic rings. The molecule has 0 saturated carbocycles. The van der Waals surface area contributed by atoms with Crippen molar-refractivity contribution >= 4 is 49.8 Å². The first-order valence-electron chi connectivity index (χ1n) is 16.2. The van der Waals surface area contributed by atoms with Crippen LogP contribution in [0.15, 0.2) is 0 Å². The van der Waals surface area contributed by atoms with Crippen LogP contribution in [0.5, 0.6) is 0 Å². The summed E-state index contributed by atoms with van der Waals surface area (Å²) >= 11 is 0. The third-order valence-electron chi connectivity index (χ3n) is 7.30. The lowest BCUT2D eigenvalue weighted by Crippen LogP contribution is -2.36. The summed E-state index contributed by atoms with van der Waals surface area (Å²) in [5, 5.41) is 9.45. The van der Waals surface area contributed by atoms with Crippen LogP contribution in [-0.4, -0.2) is 112 Å². The second-order valence-corrected chi connectivity index (χ2v) is 12.7. The second-order valence-electron chi connectivity index (χ2n) is 12.7. The lowest BCUT2D eigenvalue weighted by atomic mass is 9.53. The second kappa shape index (κ2) is 24.4. The van der Waals surface area contributed by atoms with Gasteiger partial charge in [0.15, 0.2) is 0 Å². The monoisotopic (exact) mass is 651 g/mol. The Morgan fingerprint density at radius 2 is 0.957 bits per heavy atom. The molecule has 0 amide bonds. The van der Waals surface area contributed by atoms with Gasteiger partial charge in [-0.1, -0.05) is 32.4 Å². The fourth-order valence-corrected chi connectivity index (χ4v) is 4.35. The number of nitrogens with zero attached hydrogens (tertiary/aromatic N) is 1. The third-order valence-corrected chi connectivity index (χ3v) is 7.30. The minimum absolute atomic E-state index is 0.0407. The van der Waals surface area contributed by atoms with Crippen LogP contribution in [0.1, 0.15) is 92.9 Å². The van der Waals surface area contributed by atoms with Crippen molar-refractivity contribution in [3.8, 4) is 0 Å². The molecule has 14 heteroatoms. The maximum absolute atomic E-state index is 12.3. The molecule has 0 aliphatic carbocycles. The molecule has 0 heterocycles. The Labute approximate surface area is 276 Å². The Bertz CT molecular complexity index is 852. The van der Waals surface area contributed by atoms with Gasteiger partial charge < -0.3 is 38.5 Å². The molecule has 0 unspecified atom stereocenters. The van der Waals surface area contributed by atoms with Crippen LogP contribution in [0.2, 0.25) is 12.6 Å². The molecular formula is C32H55B2NO11. The van der Waals surface area contributed by atoms with Gasteiger partial charge in [-0.3, -0.25) is 19.2 Å². The van der Waals surface area contributed by atoms with Crippen molar-refractivity contribution in [1.29, 1.82) is 0 Å². The topological polar surface area (TPSA) is 163 Å². The normalized spacial score (nSPS) is 11.5. The maximum Gasteiger partial charge on any atom is 0.305 e. The highest BCUT2D eigenvalue weighted by molar-refractivity contribution is 6.74. The van der Waals surface area contributed by atoms with E-state index < -0.39 is 22.8 Å². The molecule has 46 heavy (non-hydrogen) atoms. The molecule has 0 saturated heterocycles. The van der Waals surface area contributed by atoms with Crippen LogP contribution in [-0.2, 0) is 47.7 Å². The number of rotatable bonds is 28. The standard InChI is InChI=1S/C32H55B2NO11/c1-25(37)33-19-31(5,20-34-26(2)38)21-45-29(41)13-9-7-11-15-35(17-18-36)16-12-8-10-14-30(42)46-24-32(6,22-43-27(3)39)23-44-28(4)40/h36H,7-24H2,1-6H3. The number of aliphatic hydroxyl groups excluding tert-OH is 1. The molecule has 0 atom stereocenters. The van der Waals surface area contributed by atoms with Gasteiger partial charge in [-0.25, -0.2) is 0 Å². The summed E-state index contributed by atoms with van der Waals surface area (Å²) in [6.45, 7) is 11.2. The highest BCUT2D eigenvalue weighted by Gasteiger charge is 2.30. The number of aliphatic hydroxyl groups is 1. The van der Waals surface area contributed by atoms with Gasteiger partial charge in [0, 0.05) is 33.2 Å². The Morgan fingerprint density at radius 3 is 1.33 bits per heavy atom. The van der Waals surface area contributed by atoms with Gasteiger partial charge >= 0.3 is 23.9 Å². The van der Waals surface area contributed by atoms with E-state index in [0.717, 1.165) is 38.8 Å². The minimum Gasteiger partial charge on any atom is -0.465 e. The predicted octanol–water partition coefficient (Wildman–Crippen LogP) is 2.96. The molecule has 2 radical (unpaired) electrons. The zero-order valence-corrected chi connectivity index (χ0v) is 28.9. The lowest BCUT2D eigenvalue weighted by Gasteiger charge is -2.28. The number of unbranched alkanes of at least 4 members (excludes halogenated alkanes) is 4. The molecule has 0 aliphatic heterocycles. The van der Waals surface area contributed by atoms with Gasteiger partial charge in [0.2, 0.25) is 14.6 Å². The van der Waals surface area contributed by atoms with Crippen LogP contribution >= 0.6 is 0 Å². The maximum atomic E-state index is 12.3. The molecule has 260 valence electrons. The molecule has 0 bridgehead atoms. The zero-order valence-electron chi connectivity index (χ0n) is 28.9. The van der Waals surface area contributed by atoms with Gasteiger partial charge in [-0.05, 0) is 65.0 Å². The minimum atomic E-state index is -0.842. The largest absolute Gasteiger partial charge is 0.465 e. The summed E-state index contributed by atoms with van der Waals surface area (Å²) in [5.74, 6) is -1.64. The van der Waals surface area contributed by atoms with Crippen molar-refractivity contribution in [2.75, 3.05) is 52.7 Å². The van der Waals surface area contributed by atoms with Gasteiger partial charge in [0.25, 0.3) is 0 Å². The van der Waals surface area contributed by atoms with E-state index in [4.69, 9.17) is 18.9 Å². The number of carbonyl (C=O) groups is 6. The molecule has 0 spiro atoms. The van der Waals surface area contributed by atoms with Gasteiger partial charge in [0.05, 0.1) is 30.0 Å². The van der Waals surface area contributed by atoms with Crippen molar-refractivity contribution in [3.05, 3.63) is 0 Å². The van der Waals surface area contributed by atoms with Crippen molar-refractivity contribution in [3.63, 3.8) is 0 Å². The summed E-state index contributed by atoms with van der Waals surface area (Å²) in [6.07, 6.45) is 5.99. The van der Waals surface area contributed by atoms with Crippen LogP contribution in [0.4, 0.5) is 0 Å². The van der Waals surface area contributed by atoms with Crippen molar-refractivity contribution < 1.29 is 52.8 Å². The van der Waals surface area contributed by atoms with E-state index in [2.05, 4.69) is 4.90 Å². The van der Waals surface area contributed by atoms with E-state index >= 15 is 0 Å². The number of hydrogen-bond donors (Lipinski definition) is 1. The highest BCUT2D eigenvalue weighted by atomic mass is 16.6. The number of esters is 4. The molecule has 0 aliphatic rings. The quantitative estimate of drug-likeness (QED) is 0.0571. The molecule has 0 aromatic heterocycles. The van der Waals surface area contributed by atoms with Crippen molar-refractivity contribution in [2.24, 2.45) is 10.8 Å². The van der Waals surface area contributed by atoms with Gasteiger partial charge in [0.1, 0.15) is 19.8 Å². The fraction of sp³-hybridized carbons (Fsp3) is 0.812. The van der Waals surface area contributed by atoms with Crippen LogP contribution in [0.3, 0.4) is 0 Å². The number of carbonyl (C=O) groups excluding carboxylic acids is 6. The van der Waals surface area contributed by atoms with E-state index in [1.165, 1.54) is 27.7 Å². The summed E-state index contributed by atoms with van der Waals surface area (Å²) in [7, 11) is 3.11. The van der Waals surface area contributed by atoms with Crippen molar-refractivity contribution in [2.45, 2.75) is 106 Å². The fourth-order valence-electron chi connectivity index (χ4n) is 4.35. The van der Waals surface area contributed by atoms with Crippen LogP contribution < -0.4 is 0 Å². The van der Waals surface area contributed by atoms with Crippen LogP contribution in [0, 0.1) is 10.8 Å². The lowest BCUT2D eigenvalue weighted by molar-refractivity contribution is -0.159. The van der Waals surface area contributed by atoms with Gasteiger partial charge in [-0.2, -0.15) is 0 Å². The summed E-state index contributed by atoms with van der Waals surface area (Å²) in [5.41, 5.74) is -1.49. The smallest absolute Gasteiger partial charge is 0.305 e. The summed E-state index contributed by atoms with van der Waals surface area (Å²) in [6, 6.07) is 0. The Hall–Kier alpha value is -2.73.